The number of hydrogen-bond acceptors (Lipinski definition) is 5. The van der Waals surface area contributed by atoms with Crippen molar-refractivity contribution in [1.29, 1.82) is 0 Å². The number of aliphatic hydroxyl groups excluding tert-OH is 1. The van der Waals surface area contributed by atoms with Crippen LogP contribution in [0.5, 0.6) is 0 Å². The normalized spacial score (nSPS) is 16.6. The molecular formula is C22H22N2O3. The number of benzene rings is 2. The molecule has 2 aromatic carbocycles. The fourth-order valence-electron chi connectivity index (χ4n) is 3.16. The maximum atomic E-state index is 10.7. The van der Waals surface area contributed by atoms with Crippen LogP contribution in [0.25, 0.3) is 11.3 Å². The van der Waals surface area contributed by atoms with Crippen molar-refractivity contribution in [1.82, 2.24) is 5.16 Å². The van der Waals surface area contributed by atoms with E-state index in [1.807, 2.05) is 74.5 Å². The zero-order valence-corrected chi connectivity index (χ0v) is 15.4. The molecule has 0 radical (unpaired) electrons. The van der Waals surface area contributed by atoms with Crippen LogP contribution in [0, 0.1) is 0 Å². The molecule has 0 spiro atoms. The van der Waals surface area contributed by atoms with Crippen LogP contribution in [0.2, 0.25) is 0 Å². The molecule has 0 unspecified atom stereocenters. The number of ether oxygens (including phenoxy) is 1. The van der Waals surface area contributed by atoms with Gasteiger partial charge in [0.05, 0.1) is 11.6 Å². The van der Waals surface area contributed by atoms with Crippen LogP contribution in [0.1, 0.15) is 36.8 Å². The van der Waals surface area contributed by atoms with E-state index in [9.17, 15) is 5.11 Å². The first-order valence-corrected chi connectivity index (χ1v) is 9.03. The summed E-state index contributed by atoms with van der Waals surface area (Å²) in [5.41, 5.74) is 2.86. The van der Waals surface area contributed by atoms with E-state index in [1.165, 1.54) is 0 Å². The Hall–Kier alpha value is -2.92. The number of aromatic nitrogens is 1. The molecule has 1 N–H and O–H groups in total. The Balaban J connectivity index is 1.75. The molecule has 0 amide bonds. The molecular weight excluding hydrogens is 340 g/mol. The Labute approximate surface area is 158 Å². The van der Waals surface area contributed by atoms with Crippen molar-refractivity contribution in [2.24, 2.45) is 4.99 Å². The van der Waals surface area contributed by atoms with Crippen molar-refractivity contribution in [2.45, 2.75) is 31.9 Å². The summed E-state index contributed by atoms with van der Waals surface area (Å²) < 4.78 is 11.5. The zero-order valence-electron chi connectivity index (χ0n) is 15.4. The van der Waals surface area contributed by atoms with Gasteiger partial charge in [-0.3, -0.25) is 0 Å². The second kappa shape index (κ2) is 7.00. The van der Waals surface area contributed by atoms with E-state index in [2.05, 4.69) is 5.16 Å². The Morgan fingerprint density at radius 3 is 2.33 bits per heavy atom. The highest BCUT2D eigenvalue weighted by atomic mass is 16.5. The molecule has 27 heavy (non-hydrogen) atoms. The van der Waals surface area contributed by atoms with Crippen LogP contribution in [0.15, 0.2) is 70.2 Å². The van der Waals surface area contributed by atoms with Crippen molar-refractivity contribution >= 4 is 5.90 Å². The van der Waals surface area contributed by atoms with Gasteiger partial charge in [0, 0.05) is 12.0 Å². The van der Waals surface area contributed by atoms with Gasteiger partial charge in [-0.2, -0.15) is 0 Å². The van der Waals surface area contributed by atoms with Gasteiger partial charge in [-0.1, -0.05) is 65.8 Å². The number of hydrogen-bond donors (Lipinski definition) is 1. The monoisotopic (exact) mass is 362 g/mol. The summed E-state index contributed by atoms with van der Waals surface area (Å²) in [5, 5.41) is 14.9. The molecule has 0 saturated heterocycles. The lowest BCUT2D eigenvalue weighted by Crippen LogP contribution is -2.17. The summed E-state index contributed by atoms with van der Waals surface area (Å²) in [7, 11) is 0. The lowest BCUT2D eigenvalue weighted by atomic mass is 10.00. The molecule has 4 rings (SSSR count). The van der Waals surface area contributed by atoms with Crippen molar-refractivity contribution in [2.75, 3.05) is 6.61 Å². The second-order valence-electron chi connectivity index (χ2n) is 7.34. The minimum atomic E-state index is -0.698. The molecule has 1 aromatic heterocycles. The summed E-state index contributed by atoms with van der Waals surface area (Å²) in [4.78, 5) is 4.70. The molecule has 0 saturated carbocycles. The first-order chi connectivity index (χ1) is 13.0. The standard InChI is InChI=1S/C22H22N2O3/c1-22(2)14-26-21(23-22)19-18(13-17(25)15-9-5-3-6-10-15)27-24-20(19)16-11-7-4-8-12-16/h3-12,17,25H,13-14H2,1-2H3/t17-/m1/s1. The summed E-state index contributed by atoms with van der Waals surface area (Å²) in [6.07, 6.45) is -0.404. The molecule has 1 atom stereocenters. The van der Waals surface area contributed by atoms with Crippen LogP contribution >= 0.6 is 0 Å². The molecule has 0 bridgehead atoms. The summed E-state index contributed by atoms with van der Waals surface area (Å²) in [5.74, 6) is 1.09. The van der Waals surface area contributed by atoms with Crippen LogP contribution in [0.4, 0.5) is 0 Å². The lowest BCUT2D eigenvalue weighted by Gasteiger charge is -2.10. The lowest BCUT2D eigenvalue weighted by molar-refractivity contribution is 0.166. The third-order valence-corrected chi connectivity index (χ3v) is 4.55. The number of nitrogens with zero attached hydrogens (tertiary/aromatic N) is 2. The highest BCUT2D eigenvalue weighted by Gasteiger charge is 2.33. The summed E-state index contributed by atoms with van der Waals surface area (Å²) in [6, 6.07) is 19.3. The van der Waals surface area contributed by atoms with E-state index in [4.69, 9.17) is 14.3 Å². The SMILES string of the molecule is CC1(C)COC(c2c(-c3ccccc3)noc2C[C@@H](O)c2ccccc2)=N1. The van der Waals surface area contributed by atoms with Gasteiger partial charge in [0.2, 0.25) is 5.90 Å². The maximum absolute atomic E-state index is 10.7. The number of aliphatic hydroxyl groups is 1. The minimum Gasteiger partial charge on any atom is -0.475 e. The summed E-state index contributed by atoms with van der Waals surface area (Å²) in [6.45, 7) is 4.55. The van der Waals surface area contributed by atoms with E-state index in [0.717, 1.165) is 16.7 Å². The Kier molecular flexibility index (Phi) is 4.54. The molecule has 0 aliphatic carbocycles. The van der Waals surface area contributed by atoms with Crippen molar-refractivity contribution in [3.05, 3.63) is 77.6 Å². The van der Waals surface area contributed by atoms with E-state index < -0.39 is 6.10 Å². The quantitative estimate of drug-likeness (QED) is 0.739. The average molecular weight is 362 g/mol. The van der Waals surface area contributed by atoms with Crippen LogP contribution in [0.3, 0.4) is 0 Å². The second-order valence-corrected chi connectivity index (χ2v) is 7.34. The highest BCUT2D eigenvalue weighted by molar-refractivity contribution is 6.01. The Morgan fingerprint density at radius 1 is 1.04 bits per heavy atom. The summed E-state index contributed by atoms with van der Waals surface area (Å²) >= 11 is 0. The van der Waals surface area contributed by atoms with Gasteiger partial charge >= 0.3 is 0 Å². The fourth-order valence-corrected chi connectivity index (χ4v) is 3.16. The van der Waals surface area contributed by atoms with E-state index >= 15 is 0 Å². The van der Waals surface area contributed by atoms with Crippen LogP contribution < -0.4 is 0 Å². The maximum Gasteiger partial charge on any atom is 0.222 e. The topological polar surface area (TPSA) is 67.9 Å². The number of aliphatic imine (C=N–C) groups is 1. The van der Waals surface area contributed by atoms with Gasteiger partial charge in [0.15, 0.2) is 5.76 Å². The van der Waals surface area contributed by atoms with Gasteiger partial charge in [0.1, 0.15) is 17.9 Å². The molecule has 138 valence electrons. The van der Waals surface area contributed by atoms with Gasteiger partial charge in [-0.05, 0) is 19.4 Å². The van der Waals surface area contributed by atoms with Crippen LogP contribution in [-0.2, 0) is 11.2 Å². The van der Waals surface area contributed by atoms with Crippen LogP contribution in [-0.4, -0.2) is 28.3 Å². The van der Waals surface area contributed by atoms with Gasteiger partial charge < -0.3 is 14.4 Å². The average Bonchev–Trinajstić information content (AvgIpc) is 3.25. The highest BCUT2D eigenvalue weighted by Crippen LogP contribution is 2.32. The molecule has 3 aromatic rings. The Bertz CT molecular complexity index is 946. The smallest absolute Gasteiger partial charge is 0.222 e. The first-order valence-electron chi connectivity index (χ1n) is 9.03. The van der Waals surface area contributed by atoms with E-state index in [0.29, 0.717) is 30.4 Å². The van der Waals surface area contributed by atoms with Gasteiger partial charge in [0.25, 0.3) is 0 Å². The van der Waals surface area contributed by atoms with Gasteiger partial charge in [-0.15, -0.1) is 0 Å². The molecule has 5 heteroatoms. The molecule has 0 fully saturated rings. The number of rotatable bonds is 5. The largest absolute Gasteiger partial charge is 0.475 e. The van der Waals surface area contributed by atoms with Crippen molar-refractivity contribution in [3.8, 4) is 11.3 Å². The van der Waals surface area contributed by atoms with Gasteiger partial charge in [-0.25, -0.2) is 4.99 Å². The minimum absolute atomic E-state index is 0.294. The fraction of sp³-hybridized carbons (Fsp3) is 0.273. The molecule has 5 nitrogen and oxygen atoms in total. The third-order valence-electron chi connectivity index (χ3n) is 4.55. The predicted octanol–water partition coefficient (Wildman–Crippen LogP) is 4.17. The molecule has 1 aliphatic rings. The van der Waals surface area contributed by atoms with E-state index in [-0.39, 0.29) is 5.54 Å². The first kappa shape index (κ1) is 17.5. The Morgan fingerprint density at radius 2 is 1.70 bits per heavy atom. The molecule has 2 heterocycles. The zero-order chi connectivity index (χ0) is 18.9. The third kappa shape index (κ3) is 3.64. The van der Waals surface area contributed by atoms with E-state index in [1.54, 1.807) is 0 Å². The predicted molar refractivity (Wildman–Crippen MR) is 104 cm³/mol. The van der Waals surface area contributed by atoms with Crippen molar-refractivity contribution in [3.63, 3.8) is 0 Å². The van der Waals surface area contributed by atoms with Crippen molar-refractivity contribution < 1.29 is 14.4 Å². The molecule has 1 aliphatic heterocycles.